The molecule has 0 aromatic heterocycles. The Kier molecular flexibility index (Phi) is 5.66. The molecule has 1 unspecified atom stereocenters. The predicted octanol–water partition coefficient (Wildman–Crippen LogP) is 1.36. The normalized spacial score (nSPS) is 12.4. The standard InChI is InChI=1S/C13H20N2O2/c1-3-7-15-12(13(14)16)11-6-4-5-10(8-11)9-17-2/h4-6,8,12,15H,3,7,9H2,1-2H3,(H2,14,16). The Bertz CT molecular complexity index is 366. The van der Waals surface area contributed by atoms with Crippen molar-refractivity contribution in [1.82, 2.24) is 5.32 Å². The number of ether oxygens (including phenoxy) is 1. The maximum atomic E-state index is 11.4. The molecule has 0 aliphatic carbocycles. The molecular weight excluding hydrogens is 216 g/mol. The summed E-state index contributed by atoms with van der Waals surface area (Å²) < 4.78 is 5.07. The van der Waals surface area contributed by atoms with Crippen LogP contribution in [0.5, 0.6) is 0 Å². The van der Waals surface area contributed by atoms with E-state index < -0.39 is 6.04 Å². The van der Waals surface area contributed by atoms with Gasteiger partial charge < -0.3 is 15.8 Å². The lowest BCUT2D eigenvalue weighted by atomic mass is 10.0. The third kappa shape index (κ3) is 4.17. The largest absolute Gasteiger partial charge is 0.380 e. The Balaban J connectivity index is 2.85. The smallest absolute Gasteiger partial charge is 0.239 e. The molecule has 1 rings (SSSR count). The Morgan fingerprint density at radius 1 is 1.53 bits per heavy atom. The number of hydrogen-bond acceptors (Lipinski definition) is 3. The average Bonchev–Trinajstić information content (AvgIpc) is 2.30. The quantitative estimate of drug-likeness (QED) is 0.751. The summed E-state index contributed by atoms with van der Waals surface area (Å²) in [6, 6.07) is 7.29. The molecule has 1 aromatic rings. The van der Waals surface area contributed by atoms with E-state index in [0.29, 0.717) is 6.61 Å². The molecule has 0 spiro atoms. The van der Waals surface area contributed by atoms with Crippen molar-refractivity contribution in [3.05, 3.63) is 35.4 Å². The summed E-state index contributed by atoms with van der Waals surface area (Å²) in [6.07, 6.45) is 0.960. The average molecular weight is 236 g/mol. The third-order valence-electron chi connectivity index (χ3n) is 2.48. The molecule has 0 saturated carbocycles. The van der Waals surface area contributed by atoms with E-state index in [9.17, 15) is 4.79 Å². The molecule has 3 N–H and O–H groups in total. The van der Waals surface area contributed by atoms with Gasteiger partial charge in [-0.15, -0.1) is 0 Å². The molecule has 0 aliphatic rings. The maximum absolute atomic E-state index is 11.4. The molecule has 0 fully saturated rings. The number of primary amides is 1. The van der Waals surface area contributed by atoms with E-state index in [-0.39, 0.29) is 5.91 Å². The molecule has 1 amide bonds. The Labute approximate surface area is 102 Å². The Hall–Kier alpha value is -1.39. The van der Waals surface area contributed by atoms with Gasteiger partial charge in [-0.05, 0) is 24.1 Å². The van der Waals surface area contributed by atoms with E-state index >= 15 is 0 Å². The van der Waals surface area contributed by atoms with Crippen molar-refractivity contribution in [2.75, 3.05) is 13.7 Å². The van der Waals surface area contributed by atoms with Gasteiger partial charge in [-0.1, -0.05) is 31.2 Å². The molecule has 0 saturated heterocycles. The Morgan fingerprint density at radius 3 is 2.88 bits per heavy atom. The van der Waals surface area contributed by atoms with Crippen LogP contribution in [0.4, 0.5) is 0 Å². The first kappa shape index (κ1) is 13.7. The van der Waals surface area contributed by atoms with Crippen LogP contribution in [0.25, 0.3) is 0 Å². The molecule has 94 valence electrons. The highest BCUT2D eigenvalue weighted by atomic mass is 16.5. The lowest BCUT2D eigenvalue weighted by molar-refractivity contribution is -0.120. The minimum Gasteiger partial charge on any atom is -0.380 e. The van der Waals surface area contributed by atoms with Gasteiger partial charge in [0.05, 0.1) is 6.61 Å². The lowest BCUT2D eigenvalue weighted by Gasteiger charge is -2.16. The summed E-state index contributed by atoms with van der Waals surface area (Å²) in [5.41, 5.74) is 7.33. The van der Waals surface area contributed by atoms with Gasteiger partial charge in [-0.3, -0.25) is 4.79 Å². The van der Waals surface area contributed by atoms with Gasteiger partial charge in [-0.2, -0.15) is 0 Å². The van der Waals surface area contributed by atoms with E-state index in [1.54, 1.807) is 7.11 Å². The highest BCUT2D eigenvalue weighted by molar-refractivity contribution is 5.81. The van der Waals surface area contributed by atoms with Crippen LogP contribution in [0.3, 0.4) is 0 Å². The summed E-state index contributed by atoms with van der Waals surface area (Å²) >= 11 is 0. The number of carbonyl (C=O) groups excluding carboxylic acids is 1. The van der Waals surface area contributed by atoms with Crippen molar-refractivity contribution >= 4 is 5.91 Å². The number of benzene rings is 1. The molecule has 4 heteroatoms. The fourth-order valence-corrected chi connectivity index (χ4v) is 1.70. The van der Waals surface area contributed by atoms with Gasteiger partial charge in [0.15, 0.2) is 0 Å². The van der Waals surface area contributed by atoms with Crippen LogP contribution in [0.15, 0.2) is 24.3 Å². The lowest BCUT2D eigenvalue weighted by Crippen LogP contribution is -2.34. The van der Waals surface area contributed by atoms with E-state index in [1.807, 2.05) is 31.2 Å². The number of hydrogen-bond donors (Lipinski definition) is 2. The number of nitrogens with two attached hydrogens (primary N) is 1. The van der Waals surface area contributed by atoms with Crippen LogP contribution in [0, 0.1) is 0 Å². The van der Waals surface area contributed by atoms with Crippen molar-refractivity contribution in [2.45, 2.75) is 26.0 Å². The zero-order chi connectivity index (χ0) is 12.7. The second kappa shape index (κ2) is 7.04. The van der Waals surface area contributed by atoms with E-state index in [2.05, 4.69) is 5.32 Å². The zero-order valence-corrected chi connectivity index (χ0v) is 10.4. The Morgan fingerprint density at radius 2 is 2.29 bits per heavy atom. The number of carbonyl (C=O) groups is 1. The highest BCUT2D eigenvalue weighted by Crippen LogP contribution is 2.15. The monoisotopic (exact) mass is 236 g/mol. The molecule has 4 nitrogen and oxygen atoms in total. The molecule has 17 heavy (non-hydrogen) atoms. The molecular formula is C13H20N2O2. The van der Waals surface area contributed by atoms with Crippen LogP contribution in [0.2, 0.25) is 0 Å². The first-order valence-corrected chi connectivity index (χ1v) is 5.79. The first-order valence-electron chi connectivity index (χ1n) is 5.79. The third-order valence-corrected chi connectivity index (χ3v) is 2.48. The van der Waals surface area contributed by atoms with Crippen molar-refractivity contribution in [2.24, 2.45) is 5.73 Å². The van der Waals surface area contributed by atoms with Gasteiger partial charge in [0.25, 0.3) is 0 Å². The minimum atomic E-state index is -0.424. The maximum Gasteiger partial charge on any atom is 0.239 e. The van der Waals surface area contributed by atoms with Crippen LogP contribution in [0.1, 0.15) is 30.5 Å². The zero-order valence-electron chi connectivity index (χ0n) is 10.4. The topological polar surface area (TPSA) is 64.3 Å². The van der Waals surface area contributed by atoms with Gasteiger partial charge in [0.1, 0.15) is 6.04 Å². The summed E-state index contributed by atoms with van der Waals surface area (Å²) in [7, 11) is 1.65. The summed E-state index contributed by atoms with van der Waals surface area (Å²) in [5, 5.41) is 3.14. The summed E-state index contributed by atoms with van der Waals surface area (Å²) in [4.78, 5) is 11.4. The highest BCUT2D eigenvalue weighted by Gasteiger charge is 2.16. The summed E-state index contributed by atoms with van der Waals surface area (Å²) in [5.74, 6) is -0.354. The van der Waals surface area contributed by atoms with Gasteiger partial charge in [-0.25, -0.2) is 0 Å². The van der Waals surface area contributed by atoms with E-state index in [4.69, 9.17) is 10.5 Å². The summed E-state index contributed by atoms with van der Waals surface area (Å²) in [6.45, 7) is 3.35. The van der Waals surface area contributed by atoms with Gasteiger partial charge in [0.2, 0.25) is 5.91 Å². The van der Waals surface area contributed by atoms with Crippen molar-refractivity contribution < 1.29 is 9.53 Å². The number of amides is 1. The predicted molar refractivity (Wildman–Crippen MR) is 67.4 cm³/mol. The van der Waals surface area contributed by atoms with Crippen LogP contribution >= 0.6 is 0 Å². The molecule has 0 radical (unpaired) electrons. The number of nitrogens with one attached hydrogen (secondary N) is 1. The van der Waals surface area contributed by atoms with Crippen molar-refractivity contribution in [3.63, 3.8) is 0 Å². The van der Waals surface area contributed by atoms with Gasteiger partial charge in [0, 0.05) is 7.11 Å². The van der Waals surface area contributed by atoms with Gasteiger partial charge >= 0.3 is 0 Å². The molecule has 0 heterocycles. The fourth-order valence-electron chi connectivity index (χ4n) is 1.70. The second-order valence-corrected chi connectivity index (χ2v) is 3.97. The van der Waals surface area contributed by atoms with Crippen molar-refractivity contribution in [1.29, 1.82) is 0 Å². The van der Waals surface area contributed by atoms with Crippen molar-refractivity contribution in [3.8, 4) is 0 Å². The van der Waals surface area contributed by atoms with Crippen LogP contribution in [-0.2, 0) is 16.1 Å². The molecule has 0 aliphatic heterocycles. The number of rotatable bonds is 7. The van der Waals surface area contributed by atoms with Crippen LogP contribution < -0.4 is 11.1 Å². The molecule has 1 atom stereocenters. The van der Waals surface area contributed by atoms with E-state index in [1.165, 1.54) is 0 Å². The number of methoxy groups -OCH3 is 1. The SMILES string of the molecule is CCCNC(C(N)=O)c1cccc(COC)c1. The fraction of sp³-hybridized carbons (Fsp3) is 0.462. The first-order chi connectivity index (χ1) is 8.19. The van der Waals surface area contributed by atoms with Crippen LogP contribution in [-0.4, -0.2) is 19.6 Å². The molecule has 0 bridgehead atoms. The minimum absolute atomic E-state index is 0.354. The van der Waals surface area contributed by atoms with E-state index in [0.717, 1.165) is 24.1 Å². The molecule has 1 aromatic carbocycles. The second-order valence-electron chi connectivity index (χ2n) is 3.97.